The van der Waals surface area contributed by atoms with Gasteiger partial charge in [0, 0.05) is 25.4 Å². The third-order valence-electron chi connectivity index (χ3n) is 5.06. The number of ether oxygens (including phenoxy) is 3. The lowest BCUT2D eigenvalue weighted by atomic mass is 9.97. The van der Waals surface area contributed by atoms with Crippen molar-refractivity contribution in [2.45, 2.75) is 25.5 Å². The summed E-state index contributed by atoms with van der Waals surface area (Å²) in [5.74, 6) is 1.14. The minimum absolute atomic E-state index is 0.0300. The molecule has 8 heteroatoms. The number of carbonyl (C=O) groups is 1. The lowest BCUT2D eigenvalue weighted by Crippen LogP contribution is -2.50. The molecule has 0 saturated carbocycles. The van der Waals surface area contributed by atoms with Gasteiger partial charge in [0.2, 0.25) is 5.91 Å². The lowest BCUT2D eigenvalue weighted by Gasteiger charge is -2.41. The number of amides is 1. The highest BCUT2D eigenvalue weighted by atomic mass is 16.5. The fraction of sp³-hybridized carbons (Fsp3) is 0.500. The first-order chi connectivity index (χ1) is 13.5. The van der Waals surface area contributed by atoms with Gasteiger partial charge >= 0.3 is 0 Å². The van der Waals surface area contributed by atoms with E-state index in [2.05, 4.69) is 5.10 Å². The smallest absolute Gasteiger partial charge is 0.227 e. The molecule has 1 saturated heterocycles. The number of benzene rings is 1. The Labute approximate surface area is 164 Å². The van der Waals surface area contributed by atoms with Gasteiger partial charge in [0.25, 0.3) is 0 Å². The van der Waals surface area contributed by atoms with Crippen LogP contribution in [0.3, 0.4) is 0 Å². The van der Waals surface area contributed by atoms with Gasteiger partial charge in [-0.3, -0.25) is 9.48 Å². The predicted octanol–water partition coefficient (Wildman–Crippen LogP) is 1.25. The zero-order valence-electron chi connectivity index (χ0n) is 16.7. The average molecular weight is 389 g/mol. The van der Waals surface area contributed by atoms with Crippen LogP contribution in [0.25, 0.3) is 0 Å². The molecule has 0 unspecified atom stereocenters. The zero-order valence-corrected chi connectivity index (χ0v) is 16.7. The highest BCUT2D eigenvalue weighted by Gasteiger charge is 2.36. The molecule has 28 heavy (non-hydrogen) atoms. The minimum atomic E-state index is -0.509. The summed E-state index contributed by atoms with van der Waals surface area (Å²) in [7, 11) is 4.98. The van der Waals surface area contributed by atoms with Crippen molar-refractivity contribution in [3.8, 4) is 11.5 Å². The van der Waals surface area contributed by atoms with E-state index in [4.69, 9.17) is 14.2 Å². The molecule has 0 radical (unpaired) electrons. The molecule has 1 aromatic heterocycles. The minimum Gasteiger partial charge on any atom is -0.493 e. The summed E-state index contributed by atoms with van der Waals surface area (Å²) in [6.07, 6.45) is 1.61. The van der Waals surface area contributed by atoms with E-state index in [9.17, 15) is 9.90 Å². The molecule has 1 aliphatic heterocycles. The second-order valence-corrected chi connectivity index (χ2v) is 6.83. The van der Waals surface area contributed by atoms with Gasteiger partial charge in [-0.2, -0.15) is 5.10 Å². The van der Waals surface area contributed by atoms with E-state index in [1.807, 2.05) is 32.3 Å². The number of hydrogen-bond donors (Lipinski definition) is 1. The normalized spacial score (nSPS) is 19.5. The van der Waals surface area contributed by atoms with E-state index < -0.39 is 12.1 Å². The predicted molar refractivity (Wildman–Crippen MR) is 102 cm³/mol. The number of aliphatic hydroxyl groups is 1. The number of aromatic nitrogens is 2. The molecule has 152 valence electrons. The highest BCUT2D eigenvalue weighted by Crippen LogP contribution is 2.36. The van der Waals surface area contributed by atoms with E-state index in [-0.39, 0.29) is 18.9 Å². The van der Waals surface area contributed by atoms with Crippen molar-refractivity contribution in [1.82, 2.24) is 14.7 Å². The molecule has 2 aromatic rings. The van der Waals surface area contributed by atoms with Gasteiger partial charge in [-0.15, -0.1) is 0 Å². The first kappa shape index (κ1) is 20.2. The number of aryl methyl sites for hydroxylation is 2. The molecule has 0 aliphatic carbocycles. The SMILES string of the molecule is COc1ccc([C@H]2[C@H](CO)OCCN2C(=O)Cc2cn(C)nc2C)cc1OC. The lowest BCUT2D eigenvalue weighted by molar-refractivity contribution is -0.149. The van der Waals surface area contributed by atoms with E-state index in [0.717, 1.165) is 16.8 Å². The Morgan fingerprint density at radius 2 is 2.07 bits per heavy atom. The second-order valence-electron chi connectivity index (χ2n) is 6.83. The van der Waals surface area contributed by atoms with Gasteiger partial charge in [0.05, 0.1) is 45.6 Å². The molecule has 0 spiro atoms. The van der Waals surface area contributed by atoms with Gasteiger partial charge in [-0.25, -0.2) is 0 Å². The number of nitrogens with zero attached hydrogens (tertiary/aromatic N) is 3. The molecular weight excluding hydrogens is 362 g/mol. The molecule has 2 atom stereocenters. The first-order valence-corrected chi connectivity index (χ1v) is 9.21. The van der Waals surface area contributed by atoms with E-state index >= 15 is 0 Å². The van der Waals surface area contributed by atoms with Crippen LogP contribution >= 0.6 is 0 Å². The molecule has 8 nitrogen and oxygen atoms in total. The van der Waals surface area contributed by atoms with Crippen molar-refractivity contribution in [2.75, 3.05) is 34.0 Å². The van der Waals surface area contributed by atoms with Crippen molar-refractivity contribution in [1.29, 1.82) is 0 Å². The molecule has 3 rings (SSSR count). The molecule has 1 fully saturated rings. The van der Waals surface area contributed by atoms with E-state index in [0.29, 0.717) is 24.7 Å². The summed E-state index contributed by atoms with van der Waals surface area (Å²) in [6, 6.07) is 5.09. The third kappa shape index (κ3) is 3.98. The quantitative estimate of drug-likeness (QED) is 0.800. The fourth-order valence-electron chi connectivity index (χ4n) is 3.68. The van der Waals surface area contributed by atoms with Crippen molar-refractivity contribution in [2.24, 2.45) is 7.05 Å². The van der Waals surface area contributed by atoms with Gasteiger partial charge in [0.1, 0.15) is 6.10 Å². The molecule has 2 heterocycles. The van der Waals surface area contributed by atoms with Crippen molar-refractivity contribution in [3.63, 3.8) is 0 Å². The van der Waals surface area contributed by atoms with Crippen LogP contribution in [-0.4, -0.2) is 65.8 Å². The Morgan fingerprint density at radius 1 is 1.32 bits per heavy atom. The molecule has 1 aliphatic rings. The maximum Gasteiger partial charge on any atom is 0.227 e. The maximum absolute atomic E-state index is 13.1. The third-order valence-corrected chi connectivity index (χ3v) is 5.06. The summed E-state index contributed by atoms with van der Waals surface area (Å²) < 4.78 is 18.2. The van der Waals surface area contributed by atoms with Crippen LogP contribution in [0.1, 0.15) is 22.9 Å². The molecule has 1 N–H and O–H groups in total. The van der Waals surface area contributed by atoms with Crippen LogP contribution in [0.5, 0.6) is 11.5 Å². The number of hydrogen-bond acceptors (Lipinski definition) is 6. The number of methoxy groups -OCH3 is 2. The fourth-order valence-corrected chi connectivity index (χ4v) is 3.68. The Bertz CT molecular complexity index is 835. The van der Waals surface area contributed by atoms with Gasteiger partial charge < -0.3 is 24.2 Å². The largest absolute Gasteiger partial charge is 0.493 e. The summed E-state index contributed by atoms with van der Waals surface area (Å²) in [6.45, 7) is 2.54. The van der Waals surface area contributed by atoms with Gasteiger partial charge in [-0.1, -0.05) is 6.07 Å². The molecule has 0 bridgehead atoms. The van der Waals surface area contributed by atoms with Crippen LogP contribution < -0.4 is 9.47 Å². The summed E-state index contributed by atoms with van der Waals surface area (Å²) >= 11 is 0. The number of aliphatic hydroxyl groups excluding tert-OH is 1. The number of morpholine rings is 1. The topological polar surface area (TPSA) is 86.0 Å². The number of rotatable bonds is 6. The summed E-state index contributed by atoms with van der Waals surface area (Å²) in [4.78, 5) is 14.9. The summed E-state index contributed by atoms with van der Waals surface area (Å²) in [5, 5.41) is 14.2. The van der Waals surface area contributed by atoms with E-state index in [1.165, 1.54) is 0 Å². The number of carbonyl (C=O) groups excluding carboxylic acids is 1. The highest BCUT2D eigenvalue weighted by molar-refractivity contribution is 5.79. The van der Waals surface area contributed by atoms with Crippen molar-refractivity contribution < 1.29 is 24.1 Å². The Hall–Kier alpha value is -2.58. The Morgan fingerprint density at radius 3 is 2.68 bits per heavy atom. The molecular formula is C20H27N3O5. The standard InChI is InChI=1S/C20H27N3O5/c1-13-15(11-22(2)21-13)10-19(25)23-7-8-28-18(12-24)20(23)14-5-6-16(26-3)17(9-14)27-4/h5-6,9,11,18,20,24H,7-8,10,12H2,1-4H3/t18-,20-/m0/s1. The Kier molecular flexibility index (Phi) is 6.21. The average Bonchev–Trinajstić information content (AvgIpc) is 3.03. The zero-order chi connectivity index (χ0) is 20.3. The monoisotopic (exact) mass is 389 g/mol. The maximum atomic E-state index is 13.1. The van der Waals surface area contributed by atoms with Crippen LogP contribution in [0.2, 0.25) is 0 Å². The summed E-state index contributed by atoms with van der Waals surface area (Å²) in [5.41, 5.74) is 2.56. The van der Waals surface area contributed by atoms with Crippen molar-refractivity contribution in [3.05, 3.63) is 41.2 Å². The van der Waals surface area contributed by atoms with Crippen LogP contribution in [-0.2, 0) is 23.0 Å². The van der Waals surface area contributed by atoms with Crippen molar-refractivity contribution >= 4 is 5.91 Å². The Balaban J connectivity index is 1.92. The second kappa shape index (κ2) is 8.62. The van der Waals surface area contributed by atoms with Gasteiger partial charge in [-0.05, 0) is 24.6 Å². The van der Waals surface area contributed by atoms with Crippen LogP contribution in [0.15, 0.2) is 24.4 Å². The van der Waals surface area contributed by atoms with Crippen LogP contribution in [0, 0.1) is 6.92 Å². The van der Waals surface area contributed by atoms with Crippen LogP contribution in [0.4, 0.5) is 0 Å². The molecule has 1 aromatic carbocycles. The first-order valence-electron chi connectivity index (χ1n) is 9.21. The molecule has 1 amide bonds. The van der Waals surface area contributed by atoms with E-state index in [1.54, 1.807) is 29.9 Å². The van der Waals surface area contributed by atoms with Gasteiger partial charge in [0.15, 0.2) is 11.5 Å².